The first-order chi connectivity index (χ1) is 15.1. The van der Waals surface area contributed by atoms with Crippen molar-refractivity contribution in [1.82, 2.24) is 15.3 Å². The van der Waals surface area contributed by atoms with E-state index < -0.39 is 27.6 Å². The maximum absolute atomic E-state index is 14.0. The molecule has 2 atom stereocenters. The number of nitrogens with one attached hydrogen (secondary N) is 1. The quantitative estimate of drug-likeness (QED) is 0.675. The van der Waals surface area contributed by atoms with Crippen molar-refractivity contribution in [2.45, 2.75) is 25.9 Å². The number of amides is 1. The molecule has 1 N–H and O–H groups in total. The second-order valence-corrected chi connectivity index (χ2v) is 9.82. The molecule has 1 aromatic carbocycles. The van der Waals surface area contributed by atoms with Crippen LogP contribution in [0.15, 0.2) is 35.9 Å². The van der Waals surface area contributed by atoms with Crippen LogP contribution in [0.5, 0.6) is 0 Å². The highest BCUT2D eigenvalue weighted by Gasteiger charge is 2.29. The van der Waals surface area contributed by atoms with E-state index >= 15 is 0 Å². The van der Waals surface area contributed by atoms with Crippen LogP contribution in [0.3, 0.4) is 0 Å². The van der Waals surface area contributed by atoms with Crippen molar-refractivity contribution in [3.05, 3.63) is 63.7 Å². The van der Waals surface area contributed by atoms with Crippen molar-refractivity contribution < 1.29 is 22.3 Å². The topological polar surface area (TPSA) is 101 Å². The standard InChI is InChI=1S/C21H24ClFN4O4S/c1-13(7-10-32(3,29)30)25-21(28)20-14(2)26-18(11-24-20)27-8-9-31-12-17(27)15-5-4-6-16(23)19(15)22/h4-7,10-11,13,17H,8-9,12H2,1-3H3,(H,25,28)/b10-7+/t13-,17+/m1/s1. The summed E-state index contributed by atoms with van der Waals surface area (Å²) in [5.41, 5.74) is 1.11. The van der Waals surface area contributed by atoms with Gasteiger partial charge >= 0.3 is 0 Å². The number of nitrogens with zero attached hydrogens (tertiary/aromatic N) is 3. The van der Waals surface area contributed by atoms with E-state index in [0.717, 1.165) is 11.7 Å². The highest BCUT2D eigenvalue weighted by atomic mass is 35.5. The number of ether oxygens (including phenoxy) is 1. The van der Waals surface area contributed by atoms with Gasteiger partial charge in [0.25, 0.3) is 5.91 Å². The summed E-state index contributed by atoms with van der Waals surface area (Å²) in [7, 11) is -3.29. The van der Waals surface area contributed by atoms with Crippen molar-refractivity contribution in [2.75, 3.05) is 30.9 Å². The van der Waals surface area contributed by atoms with Crippen LogP contribution < -0.4 is 10.2 Å². The van der Waals surface area contributed by atoms with Gasteiger partial charge in [0, 0.05) is 24.3 Å². The van der Waals surface area contributed by atoms with Gasteiger partial charge in [-0.05, 0) is 25.5 Å². The average Bonchev–Trinajstić information content (AvgIpc) is 2.73. The van der Waals surface area contributed by atoms with Crippen molar-refractivity contribution in [3.63, 3.8) is 0 Å². The van der Waals surface area contributed by atoms with Crippen LogP contribution in [0, 0.1) is 12.7 Å². The SMILES string of the molecule is Cc1nc(N2CCOC[C@H]2c2cccc(F)c2Cl)cnc1C(=O)N[C@H](C)/C=C/S(C)(=O)=O. The molecule has 0 spiro atoms. The van der Waals surface area contributed by atoms with E-state index in [0.29, 0.717) is 36.8 Å². The molecule has 11 heteroatoms. The Balaban J connectivity index is 1.82. The van der Waals surface area contributed by atoms with E-state index in [4.69, 9.17) is 16.3 Å². The van der Waals surface area contributed by atoms with Crippen molar-refractivity contribution in [3.8, 4) is 0 Å². The van der Waals surface area contributed by atoms with Gasteiger partial charge in [-0.15, -0.1) is 0 Å². The number of morpholine rings is 1. The Bertz CT molecular complexity index is 1140. The summed E-state index contributed by atoms with van der Waals surface area (Å²) in [5, 5.41) is 3.74. The van der Waals surface area contributed by atoms with Gasteiger partial charge in [0.2, 0.25) is 0 Å². The molecule has 1 saturated heterocycles. The molecule has 2 aromatic rings. The first-order valence-electron chi connectivity index (χ1n) is 9.88. The monoisotopic (exact) mass is 482 g/mol. The Morgan fingerprint density at radius 2 is 2.19 bits per heavy atom. The third kappa shape index (κ3) is 5.81. The Labute approximate surface area is 191 Å². The zero-order valence-corrected chi connectivity index (χ0v) is 19.5. The smallest absolute Gasteiger partial charge is 0.272 e. The number of hydrogen-bond donors (Lipinski definition) is 1. The summed E-state index contributed by atoms with van der Waals surface area (Å²) < 4.78 is 42.0. The number of benzene rings is 1. The van der Waals surface area contributed by atoms with Gasteiger partial charge in [0.15, 0.2) is 9.84 Å². The number of aromatic nitrogens is 2. The summed E-state index contributed by atoms with van der Waals surface area (Å²) in [6, 6.07) is 3.75. The molecular formula is C21H24ClFN4O4S. The highest BCUT2D eigenvalue weighted by Crippen LogP contribution is 2.34. The minimum atomic E-state index is -3.29. The molecule has 0 aliphatic carbocycles. The fraction of sp³-hybridized carbons (Fsp3) is 0.381. The summed E-state index contributed by atoms with van der Waals surface area (Å²) in [6.07, 6.45) is 3.93. The van der Waals surface area contributed by atoms with E-state index in [9.17, 15) is 17.6 Å². The molecule has 1 aliphatic rings. The molecule has 1 aromatic heterocycles. The summed E-state index contributed by atoms with van der Waals surface area (Å²) in [4.78, 5) is 23.3. The van der Waals surface area contributed by atoms with Crippen LogP contribution in [0.25, 0.3) is 0 Å². The Kier molecular flexibility index (Phi) is 7.47. The zero-order valence-electron chi connectivity index (χ0n) is 17.9. The normalized spacial score (nSPS) is 18.0. The molecule has 0 bridgehead atoms. The average molecular weight is 483 g/mol. The number of carbonyl (C=O) groups excluding carboxylic acids is 1. The minimum absolute atomic E-state index is 0.0322. The van der Waals surface area contributed by atoms with Crippen LogP contribution in [0.2, 0.25) is 5.02 Å². The van der Waals surface area contributed by atoms with E-state index in [-0.39, 0.29) is 16.8 Å². The number of carbonyl (C=O) groups is 1. The van der Waals surface area contributed by atoms with Crippen LogP contribution >= 0.6 is 11.6 Å². The molecule has 1 aliphatic heterocycles. The van der Waals surface area contributed by atoms with Gasteiger partial charge in [-0.25, -0.2) is 22.8 Å². The van der Waals surface area contributed by atoms with E-state index in [1.165, 1.54) is 18.3 Å². The maximum atomic E-state index is 14.0. The fourth-order valence-corrected chi connectivity index (χ4v) is 4.10. The second-order valence-electron chi connectivity index (χ2n) is 7.51. The number of aryl methyl sites for hydroxylation is 1. The maximum Gasteiger partial charge on any atom is 0.272 e. The van der Waals surface area contributed by atoms with Gasteiger partial charge in [0.05, 0.1) is 36.2 Å². The molecule has 0 saturated carbocycles. The third-order valence-corrected chi connectivity index (χ3v) is 5.94. The van der Waals surface area contributed by atoms with E-state index in [1.807, 2.05) is 4.90 Å². The molecule has 2 heterocycles. The lowest BCUT2D eigenvalue weighted by Gasteiger charge is -2.37. The number of anilines is 1. The molecule has 0 radical (unpaired) electrons. The number of rotatable bonds is 6. The molecule has 0 unspecified atom stereocenters. The van der Waals surface area contributed by atoms with E-state index in [2.05, 4.69) is 15.3 Å². The Morgan fingerprint density at radius 1 is 1.44 bits per heavy atom. The Hall–Kier alpha value is -2.56. The highest BCUT2D eigenvalue weighted by molar-refractivity contribution is 7.93. The number of halogens is 2. The van der Waals surface area contributed by atoms with E-state index in [1.54, 1.807) is 26.0 Å². The molecule has 1 amide bonds. The van der Waals surface area contributed by atoms with Crippen LogP contribution in [0.1, 0.15) is 34.7 Å². The lowest BCUT2D eigenvalue weighted by atomic mass is 10.0. The van der Waals surface area contributed by atoms with Crippen molar-refractivity contribution >= 4 is 33.2 Å². The van der Waals surface area contributed by atoms with Crippen molar-refractivity contribution in [2.24, 2.45) is 0 Å². The molecule has 172 valence electrons. The summed E-state index contributed by atoms with van der Waals surface area (Å²) in [6.45, 7) is 4.56. The molecule has 32 heavy (non-hydrogen) atoms. The van der Waals surface area contributed by atoms with Gasteiger partial charge in [-0.2, -0.15) is 0 Å². The minimum Gasteiger partial charge on any atom is -0.377 e. The predicted octanol–water partition coefficient (Wildman–Crippen LogP) is 2.83. The van der Waals surface area contributed by atoms with Crippen LogP contribution in [-0.2, 0) is 14.6 Å². The lowest BCUT2D eigenvalue weighted by Crippen LogP contribution is -2.40. The van der Waals surface area contributed by atoms with Gasteiger partial charge in [-0.3, -0.25) is 4.79 Å². The largest absolute Gasteiger partial charge is 0.377 e. The van der Waals surface area contributed by atoms with Crippen LogP contribution in [0.4, 0.5) is 10.2 Å². The molecular weight excluding hydrogens is 459 g/mol. The van der Waals surface area contributed by atoms with Gasteiger partial charge in [0.1, 0.15) is 17.3 Å². The number of hydrogen-bond acceptors (Lipinski definition) is 7. The summed E-state index contributed by atoms with van der Waals surface area (Å²) in [5.74, 6) is -0.473. The molecule has 8 nitrogen and oxygen atoms in total. The van der Waals surface area contributed by atoms with Crippen molar-refractivity contribution in [1.29, 1.82) is 0 Å². The Morgan fingerprint density at radius 3 is 2.88 bits per heavy atom. The number of sulfone groups is 1. The van der Waals surface area contributed by atoms with Gasteiger partial charge in [-0.1, -0.05) is 29.8 Å². The first kappa shape index (κ1) is 24.1. The fourth-order valence-electron chi connectivity index (χ4n) is 3.33. The van der Waals surface area contributed by atoms with Gasteiger partial charge < -0.3 is 15.0 Å². The summed E-state index contributed by atoms with van der Waals surface area (Å²) >= 11 is 6.19. The zero-order chi connectivity index (χ0) is 23.5. The van der Waals surface area contributed by atoms with Crippen LogP contribution in [-0.4, -0.2) is 56.3 Å². The third-order valence-electron chi connectivity index (χ3n) is 4.89. The molecule has 1 fully saturated rings. The molecule has 3 rings (SSSR count). The second kappa shape index (κ2) is 9.93. The first-order valence-corrected chi connectivity index (χ1v) is 12.2. The predicted molar refractivity (Wildman–Crippen MR) is 120 cm³/mol. The lowest BCUT2D eigenvalue weighted by molar-refractivity contribution is 0.0929.